The molecule has 0 aliphatic carbocycles. The molecule has 3 heteroatoms. The normalized spacial score (nSPS) is 13.5. The number of fused-ring (bicyclic) bond motifs is 1. The largest absolute Gasteiger partial charge is 0.319 e. The molecular formula is C24H27NO2. The molecule has 0 fully saturated rings. The number of hydrogen-bond acceptors (Lipinski definition) is 2. The van der Waals surface area contributed by atoms with E-state index in [0.29, 0.717) is 12.8 Å². The summed E-state index contributed by atoms with van der Waals surface area (Å²) in [7, 11) is 0. The van der Waals surface area contributed by atoms with Crippen molar-refractivity contribution in [2.24, 2.45) is 0 Å². The molecule has 0 radical (unpaired) electrons. The SMILES string of the molecule is CCC(=O)C(C)c1c(-c2ccccc2)c(C(C)C(=O)CC)n2ccccc12. The molecule has 0 spiro atoms. The van der Waals surface area contributed by atoms with Gasteiger partial charge in [-0.1, -0.05) is 57.2 Å². The molecule has 2 heterocycles. The molecule has 2 aromatic heterocycles. The van der Waals surface area contributed by atoms with Crippen molar-refractivity contribution in [3.63, 3.8) is 0 Å². The van der Waals surface area contributed by atoms with E-state index in [0.717, 1.165) is 27.9 Å². The molecule has 0 aliphatic rings. The van der Waals surface area contributed by atoms with Gasteiger partial charge in [0.15, 0.2) is 0 Å². The van der Waals surface area contributed by atoms with Gasteiger partial charge in [-0.3, -0.25) is 9.59 Å². The lowest BCUT2D eigenvalue weighted by Crippen LogP contribution is -2.11. The van der Waals surface area contributed by atoms with Gasteiger partial charge < -0.3 is 4.40 Å². The molecule has 2 unspecified atom stereocenters. The topological polar surface area (TPSA) is 38.5 Å². The van der Waals surface area contributed by atoms with Gasteiger partial charge in [0.2, 0.25) is 0 Å². The molecule has 0 saturated carbocycles. The number of benzene rings is 1. The quantitative estimate of drug-likeness (QED) is 0.536. The smallest absolute Gasteiger partial charge is 0.141 e. The zero-order valence-corrected chi connectivity index (χ0v) is 16.5. The Kier molecular flexibility index (Phi) is 5.59. The summed E-state index contributed by atoms with van der Waals surface area (Å²) in [5, 5.41) is 0. The maximum Gasteiger partial charge on any atom is 0.141 e. The van der Waals surface area contributed by atoms with Crippen LogP contribution in [0, 0.1) is 0 Å². The summed E-state index contributed by atoms with van der Waals surface area (Å²) < 4.78 is 2.11. The van der Waals surface area contributed by atoms with Gasteiger partial charge in [-0.2, -0.15) is 0 Å². The van der Waals surface area contributed by atoms with Crippen LogP contribution in [-0.2, 0) is 9.59 Å². The second-order valence-corrected chi connectivity index (χ2v) is 7.08. The van der Waals surface area contributed by atoms with Gasteiger partial charge in [-0.15, -0.1) is 0 Å². The van der Waals surface area contributed by atoms with E-state index < -0.39 is 0 Å². The summed E-state index contributed by atoms with van der Waals surface area (Å²) in [5.41, 5.74) is 5.10. The monoisotopic (exact) mass is 361 g/mol. The van der Waals surface area contributed by atoms with Crippen molar-refractivity contribution < 1.29 is 9.59 Å². The fourth-order valence-corrected chi connectivity index (χ4v) is 3.96. The van der Waals surface area contributed by atoms with Crippen LogP contribution < -0.4 is 0 Å². The number of rotatable bonds is 7. The first kappa shape index (κ1) is 19.1. The number of ketones is 2. The average molecular weight is 361 g/mol. The van der Waals surface area contributed by atoms with E-state index in [1.54, 1.807) is 0 Å². The molecular weight excluding hydrogens is 334 g/mol. The Balaban J connectivity index is 2.42. The lowest BCUT2D eigenvalue weighted by atomic mass is 9.86. The second kappa shape index (κ2) is 7.91. The fourth-order valence-electron chi connectivity index (χ4n) is 3.96. The van der Waals surface area contributed by atoms with Crippen LogP contribution in [0.2, 0.25) is 0 Å². The molecule has 2 atom stereocenters. The number of nitrogens with zero attached hydrogens (tertiary/aromatic N) is 1. The van der Waals surface area contributed by atoms with Gasteiger partial charge in [0.25, 0.3) is 0 Å². The number of pyridine rings is 1. The Bertz CT molecular complexity index is 910. The lowest BCUT2D eigenvalue weighted by Gasteiger charge is -2.16. The highest BCUT2D eigenvalue weighted by atomic mass is 16.1. The molecule has 0 amide bonds. The minimum atomic E-state index is -0.238. The molecule has 3 rings (SSSR count). The van der Waals surface area contributed by atoms with Crippen LogP contribution in [0.5, 0.6) is 0 Å². The molecule has 27 heavy (non-hydrogen) atoms. The molecule has 140 valence electrons. The third-order valence-electron chi connectivity index (χ3n) is 5.49. The highest BCUT2D eigenvalue weighted by molar-refractivity contribution is 5.95. The average Bonchev–Trinajstić information content (AvgIpc) is 3.07. The first-order valence-electron chi connectivity index (χ1n) is 9.74. The van der Waals surface area contributed by atoms with Crippen molar-refractivity contribution in [2.75, 3.05) is 0 Å². The lowest BCUT2D eigenvalue weighted by molar-refractivity contribution is -0.120. The van der Waals surface area contributed by atoms with Crippen LogP contribution in [-0.4, -0.2) is 16.0 Å². The summed E-state index contributed by atoms with van der Waals surface area (Å²) in [6.45, 7) is 7.77. The number of carbonyl (C=O) groups excluding carboxylic acids is 2. The van der Waals surface area contributed by atoms with Crippen molar-refractivity contribution in [1.29, 1.82) is 0 Å². The summed E-state index contributed by atoms with van der Waals surface area (Å²) in [6.07, 6.45) is 3.00. The molecule has 3 nitrogen and oxygen atoms in total. The standard InChI is InChI=1S/C24H27NO2/c1-5-20(26)16(3)22-19-14-10-11-15-25(19)24(17(4)21(27)6-2)23(22)18-12-8-7-9-13-18/h7-17H,5-6H2,1-4H3. The molecule has 0 saturated heterocycles. The van der Waals surface area contributed by atoms with Gasteiger partial charge in [-0.05, 0) is 30.2 Å². The van der Waals surface area contributed by atoms with E-state index in [-0.39, 0.29) is 23.4 Å². The number of aromatic nitrogens is 1. The van der Waals surface area contributed by atoms with Crippen LogP contribution in [0.4, 0.5) is 0 Å². The molecule has 1 aromatic carbocycles. The Morgan fingerprint density at radius 2 is 1.44 bits per heavy atom. The van der Waals surface area contributed by atoms with Gasteiger partial charge in [-0.25, -0.2) is 0 Å². The number of hydrogen-bond donors (Lipinski definition) is 0. The van der Waals surface area contributed by atoms with Crippen LogP contribution in [0.3, 0.4) is 0 Å². The van der Waals surface area contributed by atoms with Crippen molar-refractivity contribution in [3.8, 4) is 11.1 Å². The van der Waals surface area contributed by atoms with E-state index in [1.807, 2.05) is 70.3 Å². The molecule has 0 aliphatic heterocycles. The minimum absolute atomic E-state index is 0.205. The zero-order valence-electron chi connectivity index (χ0n) is 16.5. The van der Waals surface area contributed by atoms with Crippen molar-refractivity contribution in [3.05, 3.63) is 66.0 Å². The highest BCUT2D eigenvalue weighted by Crippen LogP contribution is 2.41. The van der Waals surface area contributed by atoms with Crippen LogP contribution in [0.15, 0.2) is 54.7 Å². The Labute approximate surface area is 161 Å². The van der Waals surface area contributed by atoms with Gasteiger partial charge >= 0.3 is 0 Å². The third-order valence-corrected chi connectivity index (χ3v) is 5.49. The molecule has 0 bridgehead atoms. The van der Waals surface area contributed by atoms with Gasteiger partial charge in [0.1, 0.15) is 11.6 Å². The van der Waals surface area contributed by atoms with Crippen LogP contribution in [0.25, 0.3) is 16.6 Å². The van der Waals surface area contributed by atoms with E-state index in [4.69, 9.17) is 0 Å². The van der Waals surface area contributed by atoms with E-state index in [2.05, 4.69) is 16.5 Å². The summed E-state index contributed by atoms with van der Waals surface area (Å²) in [4.78, 5) is 25.3. The summed E-state index contributed by atoms with van der Waals surface area (Å²) >= 11 is 0. The van der Waals surface area contributed by atoms with Gasteiger partial charge in [0, 0.05) is 41.7 Å². The molecule has 3 aromatic rings. The van der Waals surface area contributed by atoms with Crippen molar-refractivity contribution >= 4 is 17.1 Å². The fraction of sp³-hybridized carbons (Fsp3) is 0.333. The van der Waals surface area contributed by atoms with Gasteiger partial charge in [0.05, 0.1) is 5.92 Å². The second-order valence-electron chi connectivity index (χ2n) is 7.08. The van der Waals surface area contributed by atoms with Crippen molar-refractivity contribution in [2.45, 2.75) is 52.4 Å². The predicted octanol–water partition coefficient (Wildman–Crippen LogP) is 5.77. The van der Waals surface area contributed by atoms with E-state index >= 15 is 0 Å². The Hall–Kier alpha value is -2.68. The predicted molar refractivity (Wildman–Crippen MR) is 110 cm³/mol. The van der Waals surface area contributed by atoms with Crippen LogP contribution >= 0.6 is 0 Å². The maximum absolute atomic E-state index is 12.6. The third kappa shape index (κ3) is 3.34. The number of carbonyl (C=O) groups is 2. The number of Topliss-reactive ketones (excluding diaryl/α,β-unsaturated/α-hetero) is 2. The van der Waals surface area contributed by atoms with E-state index in [1.165, 1.54) is 0 Å². The maximum atomic E-state index is 12.6. The zero-order chi connectivity index (χ0) is 19.6. The summed E-state index contributed by atoms with van der Waals surface area (Å²) in [5.74, 6) is -0.0425. The first-order chi connectivity index (χ1) is 13.0. The molecule has 0 N–H and O–H groups in total. The van der Waals surface area contributed by atoms with E-state index in [9.17, 15) is 9.59 Å². The minimum Gasteiger partial charge on any atom is -0.319 e. The Morgan fingerprint density at radius 1 is 0.852 bits per heavy atom. The van der Waals surface area contributed by atoms with Crippen LogP contribution in [0.1, 0.15) is 63.6 Å². The summed E-state index contributed by atoms with van der Waals surface area (Å²) in [6, 6.07) is 16.1. The highest BCUT2D eigenvalue weighted by Gasteiger charge is 2.30. The Morgan fingerprint density at radius 3 is 2.07 bits per heavy atom. The first-order valence-corrected chi connectivity index (χ1v) is 9.74. The van der Waals surface area contributed by atoms with Crippen molar-refractivity contribution in [1.82, 2.24) is 4.40 Å².